The third kappa shape index (κ3) is 5.52. The minimum atomic E-state index is -0.518. The summed E-state index contributed by atoms with van der Waals surface area (Å²) in [6.45, 7) is 2.33. The zero-order chi connectivity index (χ0) is 19.8. The molecule has 0 saturated carbocycles. The Labute approximate surface area is 164 Å². The summed E-state index contributed by atoms with van der Waals surface area (Å²) >= 11 is 3.40. The molecular weight excluding hydrogens is 418 g/mol. The van der Waals surface area contributed by atoms with Crippen LogP contribution in [0.15, 0.2) is 46.0 Å². The molecule has 0 bridgehead atoms. The van der Waals surface area contributed by atoms with Crippen molar-refractivity contribution in [3.8, 4) is 11.5 Å². The Morgan fingerprint density at radius 3 is 2.78 bits per heavy atom. The summed E-state index contributed by atoms with van der Waals surface area (Å²) in [4.78, 5) is 22.5. The zero-order valence-electron chi connectivity index (χ0n) is 14.8. The lowest BCUT2D eigenvalue weighted by molar-refractivity contribution is -0.385. The molecule has 2 aromatic rings. The van der Waals surface area contributed by atoms with E-state index in [1.807, 2.05) is 6.92 Å². The fourth-order valence-corrected chi connectivity index (χ4v) is 2.97. The lowest BCUT2D eigenvalue weighted by Gasteiger charge is -2.11. The predicted molar refractivity (Wildman–Crippen MR) is 104 cm³/mol. The molecule has 0 fully saturated rings. The average Bonchev–Trinajstić information content (AvgIpc) is 2.62. The highest BCUT2D eigenvalue weighted by molar-refractivity contribution is 9.10. The maximum atomic E-state index is 12.0. The summed E-state index contributed by atoms with van der Waals surface area (Å²) < 4.78 is 11.5. The van der Waals surface area contributed by atoms with Crippen LogP contribution in [0.25, 0.3) is 0 Å². The van der Waals surface area contributed by atoms with Crippen molar-refractivity contribution in [2.24, 2.45) is 5.10 Å². The first-order valence-corrected chi connectivity index (χ1v) is 8.80. The van der Waals surface area contributed by atoms with E-state index in [-0.39, 0.29) is 12.1 Å². The zero-order valence-corrected chi connectivity index (χ0v) is 16.4. The monoisotopic (exact) mass is 435 g/mol. The number of nitrogens with zero attached hydrogens (tertiary/aromatic N) is 2. The lowest BCUT2D eigenvalue weighted by atomic mass is 10.1. The summed E-state index contributed by atoms with van der Waals surface area (Å²) in [5, 5.41) is 14.9. The molecule has 0 aliphatic heterocycles. The number of benzene rings is 2. The third-order valence-corrected chi connectivity index (χ3v) is 4.07. The number of carbonyl (C=O) groups excluding carboxylic acids is 1. The van der Waals surface area contributed by atoms with Gasteiger partial charge in [0.2, 0.25) is 5.91 Å². The number of amides is 1. The summed E-state index contributed by atoms with van der Waals surface area (Å²) in [6.07, 6.45) is 1.30. The van der Waals surface area contributed by atoms with Gasteiger partial charge in [-0.2, -0.15) is 5.10 Å². The highest BCUT2D eigenvalue weighted by Gasteiger charge is 2.15. The number of halogens is 1. The van der Waals surface area contributed by atoms with E-state index in [0.29, 0.717) is 33.7 Å². The van der Waals surface area contributed by atoms with Crippen LogP contribution in [-0.2, 0) is 11.2 Å². The van der Waals surface area contributed by atoms with Crippen LogP contribution < -0.4 is 14.9 Å². The second-order valence-corrected chi connectivity index (χ2v) is 6.18. The fraction of sp³-hybridized carbons (Fsp3) is 0.222. The van der Waals surface area contributed by atoms with Crippen molar-refractivity contribution < 1.29 is 19.2 Å². The minimum Gasteiger partial charge on any atom is -0.492 e. The van der Waals surface area contributed by atoms with E-state index in [9.17, 15) is 14.9 Å². The van der Waals surface area contributed by atoms with E-state index in [2.05, 4.69) is 26.5 Å². The molecule has 0 heterocycles. The summed E-state index contributed by atoms with van der Waals surface area (Å²) in [6, 6.07) is 9.58. The van der Waals surface area contributed by atoms with Crippen LogP contribution in [-0.4, -0.2) is 30.8 Å². The van der Waals surface area contributed by atoms with E-state index >= 15 is 0 Å². The quantitative estimate of drug-likeness (QED) is 0.388. The van der Waals surface area contributed by atoms with Crippen LogP contribution in [0.5, 0.6) is 11.5 Å². The molecule has 0 spiro atoms. The van der Waals surface area contributed by atoms with E-state index in [1.165, 1.54) is 18.3 Å². The molecule has 2 aromatic carbocycles. The van der Waals surface area contributed by atoms with Gasteiger partial charge in [0.1, 0.15) is 0 Å². The van der Waals surface area contributed by atoms with E-state index in [0.717, 1.165) is 0 Å². The minimum absolute atomic E-state index is 0.0999. The number of hydrogen-bond acceptors (Lipinski definition) is 6. The van der Waals surface area contributed by atoms with Crippen LogP contribution in [0.2, 0.25) is 0 Å². The first kappa shape index (κ1) is 20.4. The van der Waals surface area contributed by atoms with E-state index in [4.69, 9.17) is 9.47 Å². The van der Waals surface area contributed by atoms with Crippen LogP contribution in [0.4, 0.5) is 5.69 Å². The molecule has 2 rings (SSSR count). The number of rotatable bonds is 8. The van der Waals surface area contributed by atoms with Crippen molar-refractivity contribution in [3.05, 3.63) is 62.1 Å². The Kier molecular flexibility index (Phi) is 7.30. The highest BCUT2D eigenvalue weighted by Crippen LogP contribution is 2.36. The molecule has 0 unspecified atom stereocenters. The van der Waals surface area contributed by atoms with Crippen molar-refractivity contribution in [2.75, 3.05) is 13.7 Å². The van der Waals surface area contributed by atoms with Crippen LogP contribution in [0, 0.1) is 10.1 Å². The molecule has 1 amide bonds. The van der Waals surface area contributed by atoms with Crippen molar-refractivity contribution in [3.63, 3.8) is 0 Å². The molecule has 8 nitrogen and oxygen atoms in total. The van der Waals surface area contributed by atoms with Gasteiger partial charge < -0.3 is 9.47 Å². The standard InChI is InChI=1S/C18H18BrN3O5/c1-3-27-16-9-12(8-14(19)18(16)26-2)11-20-21-17(23)10-13-6-4-5-7-15(13)22(24)25/h4-9,11H,3,10H2,1-2H3,(H,21,23)/b20-11+. The van der Waals surface area contributed by atoms with Gasteiger partial charge in [0.25, 0.3) is 5.69 Å². The topological polar surface area (TPSA) is 103 Å². The van der Waals surface area contributed by atoms with Gasteiger partial charge >= 0.3 is 0 Å². The van der Waals surface area contributed by atoms with Crippen LogP contribution in [0.1, 0.15) is 18.1 Å². The molecular formula is C18H18BrN3O5. The largest absolute Gasteiger partial charge is 0.492 e. The number of nitro groups is 1. The number of carbonyl (C=O) groups is 1. The molecule has 142 valence electrons. The number of methoxy groups -OCH3 is 1. The van der Waals surface area contributed by atoms with Gasteiger partial charge in [-0.25, -0.2) is 5.43 Å². The summed E-state index contributed by atoms with van der Waals surface area (Å²) in [7, 11) is 1.54. The second-order valence-electron chi connectivity index (χ2n) is 5.32. The molecule has 27 heavy (non-hydrogen) atoms. The Morgan fingerprint density at radius 1 is 1.37 bits per heavy atom. The van der Waals surface area contributed by atoms with E-state index in [1.54, 1.807) is 31.4 Å². The first-order chi connectivity index (χ1) is 13.0. The van der Waals surface area contributed by atoms with Crippen LogP contribution in [0.3, 0.4) is 0 Å². The van der Waals surface area contributed by atoms with Gasteiger partial charge in [0.15, 0.2) is 11.5 Å². The van der Waals surface area contributed by atoms with Crippen molar-refractivity contribution in [2.45, 2.75) is 13.3 Å². The van der Waals surface area contributed by atoms with Gasteiger partial charge in [-0.3, -0.25) is 14.9 Å². The van der Waals surface area contributed by atoms with Crippen molar-refractivity contribution >= 4 is 33.7 Å². The number of hydrazone groups is 1. The smallest absolute Gasteiger partial charge is 0.273 e. The van der Waals surface area contributed by atoms with Gasteiger partial charge in [-0.15, -0.1) is 0 Å². The normalized spacial score (nSPS) is 10.6. The van der Waals surface area contributed by atoms with Crippen molar-refractivity contribution in [1.82, 2.24) is 5.43 Å². The third-order valence-electron chi connectivity index (χ3n) is 3.48. The maximum Gasteiger partial charge on any atom is 0.273 e. The number of ether oxygens (including phenoxy) is 2. The molecule has 1 N–H and O–H groups in total. The molecule has 0 radical (unpaired) electrons. The molecule has 0 aromatic heterocycles. The fourth-order valence-electron chi connectivity index (χ4n) is 2.35. The Hall–Kier alpha value is -2.94. The first-order valence-electron chi connectivity index (χ1n) is 8.00. The Bertz CT molecular complexity index is 870. The summed E-state index contributed by atoms with van der Waals surface area (Å²) in [5.41, 5.74) is 3.26. The van der Waals surface area contributed by atoms with E-state index < -0.39 is 10.8 Å². The SMILES string of the molecule is CCOc1cc(/C=N/NC(=O)Cc2ccccc2[N+](=O)[O-])cc(Br)c1OC. The number of hydrogen-bond donors (Lipinski definition) is 1. The Balaban J connectivity index is 2.07. The van der Waals surface area contributed by atoms with Gasteiger partial charge in [0, 0.05) is 11.6 Å². The predicted octanol–water partition coefficient (Wildman–Crippen LogP) is 3.46. The lowest BCUT2D eigenvalue weighted by Crippen LogP contribution is -2.20. The molecule has 0 saturated heterocycles. The van der Waals surface area contributed by atoms with Gasteiger partial charge in [-0.05, 0) is 40.5 Å². The maximum absolute atomic E-state index is 12.0. The second kappa shape index (κ2) is 9.67. The molecule has 9 heteroatoms. The highest BCUT2D eigenvalue weighted by atomic mass is 79.9. The molecule has 0 aliphatic rings. The van der Waals surface area contributed by atoms with Crippen molar-refractivity contribution in [1.29, 1.82) is 0 Å². The number of para-hydroxylation sites is 1. The van der Waals surface area contributed by atoms with Gasteiger partial charge in [-0.1, -0.05) is 18.2 Å². The average molecular weight is 436 g/mol. The number of nitro benzene ring substituents is 1. The number of nitrogens with one attached hydrogen (secondary N) is 1. The Morgan fingerprint density at radius 2 is 2.11 bits per heavy atom. The molecule has 0 aliphatic carbocycles. The molecule has 0 atom stereocenters. The van der Waals surface area contributed by atoms with Crippen LogP contribution >= 0.6 is 15.9 Å². The van der Waals surface area contributed by atoms with Gasteiger partial charge in [0.05, 0.1) is 35.7 Å². The summed E-state index contributed by atoms with van der Waals surface area (Å²) in [5.74, 6) is 0.648.